The summed E-state index contributed by atoms with van der Waals surface area (Å²) in [5, 5.41) is 18.8. The van der Waals surface area contributed by atoms with Crippen molar-refractivity contribution in [1.29, 1.82) is 5.26 Å². The van der Waals surface area contributed by atoms with E-state index in [1.54, 1.807) is 11.1 Å². The van der Waals surface area contributed by atoms with Crippen LogP contribution in [0, 0.1) is 17.2 Å². The van der Waals surface area contributed by atoms with Gasteiger partial charge >= 0.3 is 0 Å². The van der Waals surface area contributed by atoms with Gasteiger partial charge in [-0.1, -0.05) is 13.8 Å². The number of anilines is 3. The van der Waals surface area contributed by atoms with E-state index in [1.807, 2.05) is 26.0 Å². The highest BCUT2D eigenvalue weighted by Gasteiger charge is 2.23. The summed E-state index contributed by atoms with van der Waals surface area (Å²) < 4.78 is 5.37. The van der Waals surface area contributed by atoms with Crippen LogP contribution in [0.2, 0.25) is 0 Å². The molecule has 176 valence electrons. The molecule has 0 unspecified atom stereocenters. The monoisotopic (exact) mass is 452 g/mol. The molecule has 0 atom stereocenters. The Kier molecular flexibility index (Phi) is 9.35. The first-order valence-corrected chi connectivity index (χ1v) is 11.5. The van der Waals surface area contributed by atoms with E-state index in [-0.39, 0.29) is 11.6 Å². The van der Waals surface area contributed by atoms with Crippen LogP contribution in [-0.4, -0.2) is 71.7 Å². The number of pyridine rings is 1. The molecule has 10 heteroatoms. The fourth-order valence-corrected chi connectivity index (χ4v) is 3.70. The summed E-state index contributed by atoms with van der Waals surface area (Å²) >= 11 is 0. The van der Waals surface area contributed by atoms with Crippen molar-refractivity contribution in [3.63, 3.8) is 0 Å². The molecule has 2 aromatic rings. The molecule has 0 radical (unpaired) electrons. The standard InChI is InChI=1S/C21H26N8O2.C2H6/c22-10-16-12-26-20(14-24-16)28-19-9-18(25-11-15-1-3-23-4-2-15)17(13-27-19)21(30)29-5-7-31-8-6-29;1-2/h9,12-15,23H,1-8,11H2,(H2,25,26,27,28);1-2H3. The zero-order valence-corrected chi connectivity index (χ0v) is 19.3. The number of aromatic nitrogens is 3. The number of carbonyl (C=O) groups is 1. The van der Waals surface area contributed by atoms with Crippen LogP contribution < -0.4 is 16.0 Å². The quantitative estimate of drug-likeness (QED) is 0.605. The molecule has 0 bridgehead atoms. The lowest BCUT2D eigenvalue weighted by Crippen LogP contribution is -2.41. The van der Waals surface area contributed by atoms with Crippen molar-refractivity contribution in [2.45, 2.75) is 26.7 Å². The van der Waals surface area contributed by atoms with Gasteiger partial charge in [0.1, 0.15) is 17.7 Å². The number of rotatable bonds is 6. The first-order valence-electron chi connectivity index (χ1n) is 11.5. The van der Waals surface area contributed by atoms with Gasteiger partial charge in [0.15, 0.2) is 5.69 Å². The Bertz CT molecular complexity index is 932. The van der Waals surface area contributed by atoms with Gasteiger partial charge in [0, 0.05) is 31.9 Å². The fourth-order valence-electron chi connectivity index (χ4n) is 3.70. The highest BCUT2D eigenvalue weighted by atomic mass is 16.5. The summed E-state index contributed by atoms with van der Waals surface area (Å²) in [4.78, 5) is 27.5. The van der Waals surface area contributed by atoms with Crippen LogP contribution in [0.1, 0.15) is 42.7 Å². The average Bonchev–Trinajstić information content (AvgIpc) is 2.90. The van der Waals surface area contributed by atoms with E-state index in [2.05, 4.69) is 30.9 Å². The van der Waals surface area contributed by atoms with Gasteiger partial charge in [0.2, 0.25) is 0 Å². The highest BCUT2D eigenvalue weighted by Crippen LogP contribution is 2.24. The topological polar surface area (TPSA) is 128 Å². The number of nitrogens with zero attached hydrogens (tertiary/aromatic N) is 5. The maximum absolute atomic E-state index is 13.1. The molecule has 2 fully saturated rings. The third-order valence-corrected chi connectivity index (χ3v) is 5.50. The van der Waals surface area contributed by atoms with Crippen LogP contribution >= 0.6 is 0 Å². The molecule has 0 spiro atoms. The molecular weight excluding hydrogens is 420 g/mol. The maximum Gasteiger partial charge on any atom is 0.257 e. The minimum Gasteiger partial charge on any atom is -0.384 e. The van der Waals surface area contributed by atoms with Gasteiger partial charge < -0.3 is 25.6 Å². The molecule has 0 aliphatic carbocycles. The second kappa shape index (κ2) is 12.7. The van der Waals surface area contributed by atoms with E-state index in [0.29, 0.717) is 49.4 Å². The Morgan fingerprint density at radius 3 is 2.55 bits per heavy atom. The van der Waals surface area contributed by atoms with Crippen LogP contribution in [-0.2, 0) is 4.74 Å². The summed E-state index contributed by atoms with van der Waals surface area (Å²) in [6, 6.07) is 3.77. The predicted octanol–water partition coefficient (Wildman–Crippen LogP) is 2.40. The molecule has 2 aliphatic heterocycles. The lowest BCUT2D eigenvalue weighted by atomic mass is 9.98. The summed E-state index contributed by atoms with van der Waals surface area (Å²) in [5.74, 6) is 1.53. The number of morpholine rings is 1. The molecule has 3 N–H and O–H groups in total. The molecule has 2 aromatic heterocycles. The van der Waals surface area contributed by atoms with Gasteiger partial charge in [-0.25, -0.2) is 15.0 Å². The summed E-state index contributed by atoms with van der Waals surface area (Å²) in [6.45, 7) is 9.09. The molecule has 2 aliphatic rings. The molecule has 4 heterocycles. The Balaban J connectivity index is 0.00000149. The van der Waals surface area contributed by atoms with E-state index in [1.165, 1.54) is 12.4 Å². The largest absolute Gasteiger partial charge is 0.384 e. The number of amides is 1. The molecule has 10 nitrogen and oxygen atoms in total. The summed E-state index contributed by atoms with van der Waals surface area (Å²) in [6.07, 6.45) is 6.69. The molecule has 33 heavy (non-hydrogen) atoms. The third-order valence-electron chi connectivity index (χ3n) is 5.50. The maximum atomic E-state index is 13.1. The number of hydrogen-bond acceptors (Lipinski definition) is 9. The smallest absolute Gasteiger partial charge is 0.257 e. The van der Waals surface area contributed by atoms with Gasteiger partial charge in [-0.15, -0.1) is 0 Å². The molecule has 2 saturated heterocycles. The highest BCUT2D eigenvalue weighted by molar-refractivity contribution is 5.99. The molecule has 0 aromatic carbocycles. The van der Waals surface area contributed by atoms with Gasteiger partial charge in [-0.05, 0) is 31.8 Å². The summed E-state index contributed by atoms with van der Waals surface area (Å²) in [5.41, 5.74) is 1.54. The molecule has 4 rings (SSSR count). The van der Waals surface area contributed by atoms with E-state index in [0.717, 1.165) is 38.2 Å². The Labute approximate surface area is 194 Å². The average molecular weight is 453 g/mol. The Morgan fingerprint density at radius 2 is 1.88 bits per heavy atom. The van der Waals surface area contributed by atoms with E-state index in [9.17, 15) is 4.79 Å². The van der Waals surface area contributed by atoms with Crippen molar-refractivity contribution < 1.29 is 9.53 Å². The number of nitrogens with one attached hydrogen (secondary N) is 3. The van der Waals surface area contributed by atoms with Crippen molar-refractivity contribution in [1.82, 2.24) is 25.2 Å². The van der Waals surface area contributed by atoms with Gasteiger partial charge in [0.05, 0.1) is 36.9 Å². The van der Waals surface area contributed by atoms with Crippen LogP contribution in [0.15, 0.2) is 24.7 Å². The van der Waals surface area contributed by atoms with Crippen LogP contribution in [0.4, 0.5) is 17.3 Å². The number of ether oxygens (including phenoxy) is 1. The molecular formula is C23H32N8O2. The van der Waals surface area contributed by atoms with Crippen molar-refractivity contribution >= 4 is 23.2 Å². The number of carbonyl (C=O) groups excluding carboxylic acids is 1. The second-order valence-corrected chi connectivity index (χ2v) is 7.62. The van der Waals surface area contributed by atoms with Gasteiger partial charge in [-0.2, -0.15) is 5.26 Å². The normalized spacial score (nSPS) is 16.2. The molecule has 0 saturated carbocycles. The fraction of sp³-hybridized carbons (Fsp3) is 0.522. The lowest BCUT2D eigenvalue weighted by molar-refractivity contribution is 0.0303. The van der Waals surface area contributed by atoms with Crippen molar-refractivity contribution in [3.05, 3.63) is 35.9 Å². The van der Waals surface area contributed by atoms with Crippen molar-refractivity contribution in [2.75, 3.05) is 56.6 Å². The van der Waals surface area contributed by atoms with Crippen LogP contribution in [0.5, 0.6) is 0 Å². The SMILES string of the molecule is CC.N#Cc1cnc(Nc2cc(NCC3CCNCC3)c(C(=O)N3CCOCC3)cn2)cn1. The third kappa shape index (κ3) is 6.84. The van der Waals surface area contributed by atoms with Crippen molar-refractivity contribution in [2.24, 2.45) is 5.92 Å². The zero-order valence-electron chi connectivity index (χ0n) is 19.3. The predicted molar refractivity (Wildman–Crippen MR) is 126 cm³/mol. The first kappa shape index (κ1) is 24.4. The minimum absolute atomic E-state index is 0.0478. The van der Waals surface area contributed by atoms with E-state index >= 15 is 0 Å². The number of piperidine rings is 1. The minimum atomic E-state index is -0.0478. The Morgan fingerprint density at radius 1 is 1.15 bits per heavy atom. The first-order chi connectivity index (χ1) is 16.2. The molecule has 1 amide bonds. The van der Waals surface area contributed by atoms with Crippen molar-refractivity contribution in [3.8, 4) is 6.07 Å². The Hall–Kier alpha value is -3.29. The van der Waals surface area contributed by atoms with E-state index < -0.39 is 0 Å². The second-order valence-electron chi connectivity index (χ2n) is 7.62. The lowest BCUT2D eigenvalue weighted by Gasteiger charge is -2.28. The van der Waals surface area contributed by atoms with Crippen LogP contribution in [0.3, 0.4) is 0 Å². The number of nitriles is 1. The van der Waals surface area contributed by atoms with Gasteiger partial charge in [-0.3, -0.25) is 4.79 Å². The summed E-state index contributed by atoms with van der Waals surface area (Å²) in [7, 11) is 0. The van der Waals surface area contributed by atoms with Gasteiger partial charge in [0.25, 0.3) is 5.91 Å². The zero-order chi connectivity index (χ0) is 23.5. The van der Waals surface area contributed by atoms with Crippen LogP contribution in [0.25, 0.3) is 0 Å². The van der Waals surface area contributed by atoms with E-state index in [4.69, 9.17) is 10.00 Å². The number of hydrogen-bond donors (Lipinski definition) is 3.